The SMILES string of the molecule is Cc1nn(C)c2nnccc12. The van der Waals surface area contributed by atoms with Crippen LogP contribution in [0.1, 0.15) is 5.69 Å². The molecule has 0 bridgehead atoms. The maximum Gasteiger partial charge on any atom is 0.180 e. The van der Waals surface area contributed by atoms with Gasteiger partial charge in [-0.05, 0) is 13.0 Å². The van der Waals surface area contributed by atoms with Crippen LogP contribution in [0.15, 0.2) is 12.3 Å². The van der Waals surface area contributed by atoms with Gasteiger partial charge in [0, 0.05) is 12.4 Å². The minimum Gasteiger partial charge on any atom is -0.249 e. The molecule has 0 spiro atoms. The van der Waals surface area contributed by atoms with E-state index in [0.717, 1.165) is 16.7 Å². The third kappa shape index (κ3) is 0.790. The van der Waals surface area contributed by atoms with E-state index in [0.29, 0.717) is 0 Å². The van der Waals surface area contributed by atoms with Crippen molar-refractivity contribution in [1.82, 2.24) is 20.0 Å². The molecule has 2 aromatic heterocycles. The molecule has 0 aliphatic rings. The van der Waals surface area contributed by atoms with E-state index >= 15 is 0 Å². The van der Waals surface area contributed by atoms with Gasteiger partial charge in [-0.3, -0.25) is 0 Å². The number of hydrogen-bond acceptors (Lipinski definition) is 3. The molecule has 56 valence electrons. The topological polar surface area (TPSA) is 43.6 Å². The summed E-state index contributed by atoms with van der Waals surface area (Å²) in [5, 5.41) is 13.0. The molecule has 0 amide bonds. The van der Waals surface area contributed by atoms with Crippen LogP contribution >= 0.6 is 0 Å². The smallest absolute Gasteiger partial charge is 0.180 e. The Morgan fingerprint density at radius 1 is 1.45 bits per heavy atom. The Bertz CT molecular complexity index is 354. The fourth-order valence-electron chi connectivity index (χ4n) is 1.17. The van der Waals surface area contributed by atoms with Gasteiger partial charge in [-0.2, -0.15) is 10.2 Å². The van der Waals surface area contributed by atoms with Crippen LogP contribution in [0, 0.1) is 6.92 Å². The second-order valence-electron chi connectivity index (χ2n) is 2.48. The van der Waals surface area contributed by atoms with Crippen molar-refractivity contribution in [3.63, 3.8) is 0 Å². The molecule has 0 aromatic carbocycles. The van der Waals surface area contributed by atoms with E-state index in [2.05, 4.69) is 15.3 Å². The van der Waals surface area contributed by atoms with Crippen LogP contribution < -0.4 is 0 Å². The van der Waals surface area contributed by atoms with Crippen molar-refractivity contribution >= 4 is 11.0 Å². The van der Waals surface area contributed by atoms with Crippen molar-refractivity contribution in [2.75, 3.05) is 0 Å². The molecular weight excluding hydrogens is 140 g/mol. The highest BCUT2D eigenvalue weighted by Gasteiger charge is 2.03. The van der Waals surface area contributed by atoms with Gasteiger partial charge in [-0.25, -0.2) is 4.68 Å². The average Bonchev–Trinajstić information content (AvgIpc) is 2.30. The highest BCUT2D eigenvalue weighted by molar-refractivity contribution is 5.76. The van der Waals surface area contributed by atoms with Crippen LogP contribution in [-0.2, 0) is 7.05 Å². The molecular formula is C7H8N4. The van der Waals surface area contributed by atoms with Crippen molar-refractivity contribution in [1.29, 1.82) is 0 Å². The summed E-state index contributed by atoms with van der Waals surface area (Å²) in [6.07, 6.45) is 1.68. The Hall–Kier alpha value is -1.45. The van der Waals surface area contributed by atoms with E-state index in [1.165, 1.54) is 0 Å². The van der Waals surface area contributed by atoms with Gasteiger partial charge in [0.05, 0.1) is 11.9 Å². The number of fused-ring (bicyclic) bond motifs is 1. The van der Waals surface area contributed by atoms with Gasteiger partial charge < -0.3 is 0 Å². The molecule has 0 unspecified atom stereocenters. The van der Waals surface area contributed by atoms with Crippen molar-refractivity contribution in [3.05, 3.63) is 18.0 Å². The second kappa shape index (κ2) is 2.02. The molecule has 0 atom stereocenters. The first kappa shape index (κ1) is 6.27. The average molecular weight is 148 g/mol. The van der Waals surface area contributed by atoms with Crippen LogP contribution in [0.25, 0.3) is 11.0 Å². The largest absolute Gasteiger partial charge is 0.249 e. The maximum absolute atomic E-state index is 4.20. The molecule has 0 fully saturated rings. The van der Waals surface area contributed by atoms with Crippen molar-refractivity contribution in [2.24, 2.45) is 7.05 Å². The predicted molar refractivity (Wildman–Crippen MR) is 41.0 cm³/mol. The van der Waals surface area contributed by atoms with Crippen molar-refractivity contribution in [2.45, 2.75) is 6.92 Å². The number of aromatic nitrogens is 4. The lowest BCUT2D eigenvalue weighted by atomic mass is 10.3. The quantitative estimate of drug-likeness (QED) is 0.551. The molecule has 0 N–H and O–H groups in total. The van der Waals surface area contributed by atoms with Gasteiger partial charge in [-0.15, -0.1) is 5.10 Å². The molecule has 11 heavy (non-hydrogen) atoms. The zero-order valence-electron chi connectivity index (χ0n) is 6.44. The fourth-order valence-corrected chi connectivity index (χ4v) is 1.17. The molecule has 0 radical (unpaired) electrons. The Labute approximate surface area is 63.9 Å². The molecule has 0 aliphatic carbocycles. The van der Waals surface area contributed by atoms with Crippen LogP contribution in [0.4, 0.5) is 0 Å². The Kier molecular flexibility index (Phi) is 1.15. The first-order valence-corrected chi connectivity index (χ1v) is 3.40. The van der Waals surface area contributed by atoms with Crippen LogP contribution in [0.5, 0.6) is 0 Å². The third-order valence-corrected chi connectivity index (χ3v) is 1.70. The first-order chi connectivity index (χ1) is 5.29. The zero-order valence-corrected chi connectivity index (χ0v) is 6.44. The monoisotopic (exact) mass is 148 g/mol. The van der Waals surface area contributed by atoms with Gasteiger partial charge in [0.15, 0.2) is 5.65 Å². The van der Waals surface area contributed by atoms with Crippen molar-refractivity contribution < 1.29 is 0 Å². The highest BCUT2D eigenvalue weighted by Crippen LogP contribution is 2.11. The minimum absolute atomic E-state index is 0.838. The number of rotatable bonds is 0. The van der Waals surface area contributed by atoms with E-state index in [9.17, 15) is 0 Å². The summed E-state index contributed by atoms with van der Waals surface area (Å²) in [5.74, 6) is 0. The van der Waals surface area contributed by atoms with Gasteiger partial charge in [0.2, 0.25) is 0 Å². The summed E-state index contributed by atoms with van der Waals surface area (Å²) in [7, 11) is 1.87. The lowest BCUT2D eigenvalue weighted by Gasteiger charge is -1.87. The molecule has 0 saturated carbocycles. The van der Waals surface area contributed by atoms with Crippen LogP contribution in [-0.4, -0.2) is 20.0 Å². The standard InChI is InChI=1S/C7H8N4/c1-5-6-3-4-8-9-7(6)11(2)10-5/h3-4H,1-2H3. The lowest BCUT2D eigenvalue weighted by molar-refractivity contribution is 0.766. The number of hydrogen-bond donors (Lipinski definition) is 0. The number of aryl methyl sites for hydroxylation is 2. The van der Waals surface area contributed by atoms with E-state index in [1.54, 1.807) is 10.9 Å². The fraction of sp³-hybridized carbons (Fsp3) is 0.286. The normalized spacial score (nSPS) is 10.7. The Morgan fingerprint density at radius 2 is 2.27 bits per heavy atom. The van der Waals surface area contributed by atoms with Gasteiger partial charge in [-0.1, -0.05) is 0 Å². The van der Waals surface area contributed by atoms with E-state index in [1.807, 2.05) is 20.0 Å². The van der Waals surface area contributed by atoms with E-state index in [4.69, 9.17) is 0 Å². The number of nitrogens with zero attached hydrogens (tertiary/aromatic N) is 4. The molecule has 2 heterocycles. The summed E-state index contributed by atoms with van der Waals surface area (Å²) >= 11 is 0. The van der Waals surface area contributed by atoms with Gasteiger partial charge >= 0.3 is 0 Å². The second-order valence-corrected chi connectivity index (χ2v) is 2.48. The molecule has 4 heteroatoms. The van der Waals surface area contributed by atoms with E-state index < -0.39 is 0 Å². The molecule has 4 nitrogen and oxygen atoms in total. The summed E-state index contributed by atoms with van der Waals surface area (Å²) < 4.78 is 1.73. The van der Waals surface area contributed by atoms with E-state index in [-0.39, 0.29) is 0 Å². The van der Waals surface area contributed by atoms with Crippen molar-refractivity contribution in [3.8, 4) is 0 Å². The predicted octanol–water partition coefficient (Wildman–Crippen LogP) is 0.672. The lowest BCUT2D eigenvalue weighted by Crippen LogP contribution is -1.92. The highest BCUT2D eigenvalue weighted by atomic mass is 15.3. The molecule has 0 saturated heterocycles. The third-order valence-electron chi connectivity index (χ3n) is 1.70. The van der Waals surface area contributed by atoms with Gasteiger partial charge in [0.25, 0.3) is 0 Å². The molecule has 0 aliphatic heterocycles. The van der Waals surface area contributed by atoms with Gasteiger partial charge in [0.1, 0.15) is 0 Å². The first-order valence-electron chi connectivity index (χ1n) is 3.40. The summed E-state index contributed by atoms with van der Waals surface area (Å²) in [5.41, 5.74) is 1.84. The summed E-state index contributed by atoms with van der Waals surface area (Å²) in [6.45, 7) is 1.96. The Morgan fingerprint density at radius 3 is 3.00 bits per heavy atom. The maximum atomic E-state index is 4.20. The zero-order chi connectivity index (χ0) is 7.84. The summed E-state index contributed by atoms with van der Waals surface area (Å²) in [4.78, 5) is 0. The minimum atomic E-state index is 0.838. The molecule has 2 rings (SSSR count). The summed E-state index contributed by atoms with van der Waals surface area (Å²) in [6, 6.07) is 1.92. The van der Waals surface area contributed by atoms with Crippen LogP contribution in [0.2, 0.25) is 0 Å². The Balaban J connectivity index is 2.95. The molecule has 2 aromatic rings. The van der Waals surface area contributed by atoms with Crippen LogP contribution in [0.3, 0.4) is 0 Å².